The highest BCUT2D eigenvalue weighted by molar-refractivity contribution is 5.78. The third-order valence-corrected chi connectivity index (χ3v) is 3.72. The average molecular weight is 286 g/mol. The number of ether oxygens (including phenoxy) is 1. The highest BCUT2D eigenvalue weighted by Crippen LogP contribution is 2.20. The molecule has 3 rings (SSSR count). The molecule has 2 heterocycles. The summed E-state index contributed by atoms with van der Waals surface area (Å²) < 4.78 is 5.61. The van der Waals surface area contributed by atoms with Crippen molar-refractivity contribution in [2.24, 2.45) is 0 Å². The summed E-state index contributed by atoms with van der Waals surface area (Å²) in [5.74, 6) is 0.767. The van der Waals surface area contributed by atoms with E-state index in [-0.39, 0.29) is 18.6 Å². The van der Waals surface area contributed by atoms with Gasteiger partial charge in [-0.1, -0.05) is 18.2 Å². The van der Waals surface area contributed by atoms with Gasteiger partial charge in [-0.25, -0.2) is 0 Å². The first-order chi connectivity index (χ1) is 10.2. The molecule has 0 N–H and O–H groups in total. The molecule has 6 nitrogen and oxygen atoms in total. The predicted molar refractivity (Wildman–Crippen MR) is 76.9 cm³/mol. The van der Waals surface area contributed by atoms with Crippen molar-refractivity contribution in [1.29, 1.82) is 0 Å². The van der Waals surface area contributed by atoms with Gasteiger partial charge in [0.05, 0.1) is 18.4 Å². The first-order valence-electron chi connectivity index (χ1n) is 7.06. The maximum atomic E-state index is 12.2. The van der Waals surface area contributed by atoms with Gasteiger partial charge in [0, 0.05) is 13.1 Å². The van der Waals surface area contributed by atoms with Crippen molar-refractivity contribution in [3.63, 3.8) is 0 Å². The van der Waals surface area contributed by atoms with E-state index < -0.39 is 0 Å². The Morgan fingerprint density at radius 3 is 2.86 bits per heavy atom. The van der Waals surface area contributed by atoms with Crippen LogP contribution in [0.1, 0.15) is 18.0 Å². The number of rotatable bonds is 4. The normalized spacial score (nSPS) is 18.0. The molecule has 1 fully saturated rings. The molecule has 1 aliphatic rings. The molecular weight excluding hydrogens is 268 g/mol. The summed E-state index contributed by atoms with van der Waals surface area (Å²) in [6.07, 6.45) is 4.20. The number of likely N-dealkylation sites (tertiary alicyclic amines) is 1. The number of hydrogen-bond donors (Lipinski definition) is 0. The van der Waals surface area contributed by atoms with Gasteiger partial charge >= 0.3 is 0 Å². The maximum absolute atomic E-state index is 12.2. The van der Waals surface area contributed by atoms with E-state index >= 15 is 0 Å². The van der Waals surface area contributed by atoms with E-state index in [1.165, 1.54) is 0 Å². The minimum atomic E-state index is 0.00732. The minimum Gasteiger partial charge on any atom is -0.484 e. The molecule has 0 bridgehead atoms. The number of carbonyl (C=O) groups is 1. The second kappa shape index (κ2) is 5.95. The molecule has 1 amide bonds. The fourth-order valence-electron chi connectivity index (χ4n) is 2.52. The molecule has 21 heavy (non-hydrogen) atoms. The molecule has 0 saturated carbocycles. The molecule has 0 unspecified atom stereocenters. The van der Waals surface area contributed by atoms with Gasteiger partial charge in [-0.05, 0) is 25.0 Å². The molecule has 110 valence electrons. The van der Waals surface area contributed by atoms with Crippen molar-refractivity contribution in [2.45, 2.75) is 19.4 Å². The van der Waals surface area contributed by atoms with E-state index in [9.17, 15) is 4.79 Å². The molecule has 1 aromatic carbocycles. The molecule has 1 saturated heterocycles. The molecular formula is C15H18N4O2. The summed E-state index contributed by atoms with van der Waals surface area (Å²) in [5, 5.41) is 8.27. The third-order valence-electron chi connectivity index (χ3n) is 3.72. The Hall–Kier alpha value is -2.37. The zero-order valence-corrected chi connectivity index (χ0v) is 12.0. The van der Waals surface area contributed by atoms with E-state index in [4.69, 9.17) is 4.74 Å². The number of amides is 1. The number of para-hydroxylation sites is 1. The minimum absolute atomic E-state index is 0.00732. The molecule has 2 aromatic rings. The second-order valence-electron chi connectivity index (χ2n) is 5.19. The van der Waals surface area contributed by atoms with E-state index in [1.54, 1.807) is 17.2 Å². The summed E-state index contributed by atoms with van der Waals surface area (Å²) in [4.78, 5) is 15.7. The van der Waals surface area contributed by atoms with Crippen molar-refractivity contribution in [3.8, 4) is 5.75 Å². The van der Waals surface area contributed by atoms with Crippen LogP contribution in [0, 0.1) is 6.92 Å². The van der Waals surface area contributed by atoms with Gasteiger partial charge in [0.15, 0.2) is 6.61 Å². The van der Waals surface area contributed by atoms with Crippen LogP contribution in [0.3, 0.4) is 0 Å². The SMILES string of the molecule is Cc1ccccc1OCC(=O)N1CC[C@H](n2nccn2)C1. The second-order valence-corrected chi connectivity index (χ2v) is 5.19. The summed E-state index contributed by atoms with van der Waals surface area (Å²) in [6.45, 7) is 3.41. The van der Waals surface area contributed by atoms with Crippen molar-refractivity contribution in [1.82, 2.24) is 19.9 Å². The Bertz CT molecular complexity index is 612. The largest absolute Gasteiger partial charge is 0.484 e. The highest BCUT2D eigenvalue weighted by Gasteiger charge is 2.28. The topological polar surface area (TPSA) is 60.2 Å². The molecule has 1 aliphatic heterocycles. The van der Waals surface area contributed by atoms with Gasteiger partial charge in [-0.2, -0.15) is 15.0 Å². The number of hydrogen-bond acceptors (Lipinski definition) is 4. The summed E-state index contributed by atoms with van der Waals surface area (Å²) >= 11 is 0. The Labute approximate surface area is 123 Å². The van der Waals surface area contributed by atoms with Crippen molar-refractivity contribution in [2.75, 3.05) is 19.7 Å². The van der Waals surface area contributed by atoms with Crippen LogP contribution in [0.5, 0.6) is 5.75 Å². The van der Waals surface area contributed by atoms with Crippen LogP contribution in [0.2, 0.25) is 0 Å². The van der Waals surface area contributed by atoms with Crippen LogP contribution in [-0.2, 0) is 4.79 Å². The average Bonchev–Trinajstić information content (AvgIpc) is 3.16. The van der Waals surface area contributed by atoms with Gasteiger partial charge in [0.1, 0.15) is 5.75 Å². The first kappa shape index (κ1) is 13.6. The van der Waals surface area contributed by atoms with Crippen LogP contribution in [-0.4, -0.2) is 45.5 Å². The zero-order chi connectivity index (χ0) is 14.7. The maximum Gasteiger partial charge on any atom is 0.260 e. The van der Waals surface area contributed by atoms with E-state index in [2.05, 4.69) is 10.2 Å². The Morgan fingerprint density at radius 1 is 1.33 bits per heavy atom. The molecule has 0 aliphatic carbocycles. The van der Waals surface area contributed by atoms with Gasteiger partial charge in [-0.15, -0.1) is 0 Å². The van der Waals surface area contributed by atoms with Crippen molar-refractivity contribution < 1.29 is 9.53 Å². The zero-order valence-electron chi connectivity index (χ0n) is 12.0. The standard InChI is InChI=1S/C15H18N4O2/c1-12-4-2-3-5-14(12)21-11-15(20)18-9-6-13(10-18)19-16-7-8-17-19/h2-5,7-8,13H,6,9-11H2,1H3/t13-/m0/s1. The molecule has 1 aromatic heterocycles. The van der Waals surface area contributed by atoms with Crippen LogP contribution >= 0.6 is 0 Å². The summed E-state index contributed by atoms with van der Waals surface area (Å²) in [5.41, 5.74) is 1.03. The van der Waals surface area contributed by atoms with Crippen LogP contribution in [0.15, 0.2) is 36.7 Å². The lowest BCUT2D eigenvalue weighted by atomic mass is 10.2. The van der Waals surface area contributed by atoms with Gasteiger partial charge in [-0.3, -0.25) is 4.79 Å². The van der Waals surface area contributed by atoms with Crippen molar-refractivity contribution >= 4 is 5.91 Å². The summed E-state index contributed by atoms with van der Waals surface area (Å²) in [7, 11) is 0. The highest BCUT2D eigenvalue weighted by atomic mass is 16.5. The van der Waals surface area contributed by atoms with Crippen molar-refractivity contribution in [3.05, 3.63) is 42.2 Å². The number of carbonyl (C=O) groups excluding carboxylic acids is 1. The molecule has 1 atom stereocenters. The number of nitrogens with zero attached hydrogens (tertiary/aromatic N) is 4. The van der Waals surface area contributed by atoms with E-state index in [0.29, 0.717) is 6.54 Å². The monoisotopic (exact) mass is 286 g/mol. The van der Waals surface area contributed by atoms with Gasteiger partial charge in [0.25, 0.3) is 5.91 Å². The molecule has 0 radical (unpaired) electrons. The summed E-state index contributed by atoms with van der Waals surface area (Å²) in [6, 6.07) is 7.87. The lowest BCUT2D eigenvalue weighted by molar-refractivity contribution is -0.132. The van der Waals surface area contributed by atoms with Gasteiger partial charge in [0.2, 0.25) is 0 Å². The lowest BCUT2D eigenvalue weighted by Gasteiger charge is -2.17. The van der Waals surface area contributed by atoms with Gasteiger partial charge < -0.3 is 9.64 Å². The fourth-order valence-corrected chi connectivity index (χ4v) is 2.52. The molecule has 0 spiro atoms. The van der Waals surface area contributed by atoms with Crippen LogP contribution < -0.4 is 4.74 Å². The third kappa shape index (κ3) is 3.04. The predicted octanol–water partition coefficient (Wildman–Crippen LogP) is 1.44. The quantitative estimate of drug-likeness (QED) is 0.853. The smallest absolute Gasteiger partial charge is 0.260 e. The number of benzene rings is 1. The first-order valence-corrected chi connectivity index (χ1v) is 7.06. The van der Waals surface area contributed by atoms with E-state index in [1.807, 2.05) is 36.1 Å². The van der Waals surface area contributed by atoms with E-state index in [0.717, 1.165) is 24.3 Å². The van der Waals surface area contributed by atoms with Crippen LogP contribution in [0.25, 0.3) is 0 Å². The molecule has 6 heteroatoms. The van der Waals surface area contributed by atoms with Crippen LogP contribution in [0.4, 0.5) is 0 Å². The Morgan fingerprint density at radius 2 is 2.10 bits per heavy atom. The number of aryl methyl sites for hydroxylation is 1. The lowest BCUT2D eigenvalue weighted by Crippen LogP contribution is -2.33. The number of aromatic nitrogens is 3. The Balaban J connectivity index is 1.54. The Kier molecular flexibility index (Phi) is 3.85. The fraction of sp³-hybridized carbons (Fsp3) is 0.400.